The Balaban J connectivity index is -0.000000107. The van der Waals surface area contributed by atoms with E-state index in [-0.39, 0.29) is 27.3 Å². The minimum atomic E-state index is -4.69. The van der Waals surface area contributed by atoms with Gasteiger partial charge in [0.25, 0.3) is 0 Å². The molecule has 0 radical (unpaired) electrons. The van der Waals surface area contributed by atoms with Crippen molar-refractivity contribution >= 4 is 0 Å². The van der Waals surface area contributed by atoms with Crippen LogP contribution in [0.1, 0.15) is 0 Å². The number of rotatable bonds is 0. The molecule has 0 amide bonds. The van der Waals surface area contributed by atoms with Gasteiger partial charge in [-0.15, -0.1) is 0 Å². The molecule has 0 heterocycles. The van der Waals surface area contributed by atoms with Gasteiger partial charge in [-0.05, 0) is 0 Å². The summed E-state index contributed by atoms with van der Waals surface area (Å²) in [6, 6.07) is 0. The minimum absolute atomic E-state index is 0. The molecule has 0 aliphatic heterocycles. The van der Waals surface area contributed by atoms with E-state index in [0.717, 1.165) is 0 Å². The molecule has 0 fully saturated rings. The molecule has 66 valence electrons. The third kappa shape index (κ3) is 675. The van der Waals surface area contributed by atoms with Crippen LogP contribution in [0.5, 0.6) is 0 Å². The van der Waals surface area contributed by atoms with Crippen molar-refractivity contribution in [1.82, 2.24) is 0 Å². The van der Waals surface area contributed by atoms with Crippen LogP contribution in [0, 0.1) is 20.5 Å². The second kappa shape index (κ2) is 6.67. The molecule has 2 N–H and O–H groups in total. The van der Waals surface area contributed by atoms with E-state index in [1.807, 2.05) is 0 Å². The third-order valence-electron chi connectivity index (χ3n) is 0. The van der Waals surface area contributed by atoms with Gasteiger partial charge >= 0.3 is 0 Å². The fraction of sp³-hybridized carbons (Fsp3) is 0. The smallest absolute Gasteiger partial charge is 0.0777 e. The summed E-state index contributed by atoms with van der Waals surface area (Å²) >= 11 is 0. The van der Waals surface area contributed by atoms with Crippen LogP contribution in [0.4, 0.5) is 0 Å². The Hall–Kier alpha value is 1.18. The van der Waals surface area contributed by atoms with Crippen molar-refractivity contribution in [3.8, 4) is 0 Å². The molecule has 0 aromatic carbocycles. The van der Waals surface area contributed by atoms with Crippen molar-refractivity contribution in [3.63, 3.8) is 0 Å². The van der Waals surface area contributed by atoms with Gasteiger partial charge in [0, 0.05) is 27.3 Å². The molecule has 0 spiro atoms. The summed E-state index contributed by atoms with van der Waals surface area (Å²) in [5.41, 5.74) is 0. The number of hydrogen-bond acceptors (Lipinski definition) is 8. The van der Waals surface area contributed by atoms with Crippen LogP contribution in [0.2, 0.25) is 0 Å². The zero-order valence-electron chi connectivity index (χ0n) is 4.81. The first-order chi connectivity index (χ1) is 4.00. The average Bonchev–Trinajstić information content (AvgIpc) is 1.12. The molecule has 0 aliphatic rings. The van der Waals surface area contributed by atoms with Crippen LogP contribution in [-0.2, 0) is 27.3 Å². The van der Waals surface area contributed by atoms with Gasteiger partial charge in [-0.25, -0.2) is 0 Å². The fourth-order valence-electron chi connectivity index (χ4n) is 0. The minimum Gasteiger partial charge on any atom is -0.183 e. The summed E-state index contributed by atoms with van der Waals surface area (Å²) < 4.78 is 65.4. The first-order valence-corrected chi connectivity index (χ1v) is 3.79. The summed E-state index contributed by atoms with van der Waals surface area (Å²) in [6.07, 6.45) is 0. The van der Waals surface area contributed by atoms with Gasteiger partial charge in [0.15, 0.2) is 0 Å². The Morgan fingerprint density at radius 3 is 0.636 bits per heavy atom. The van der Waals surface area contributed by atoms with Crippen molar-refractivity contribution in [3.05, 3.63) is 0 Å². The number of halogens is 2. The fourth-order valence-corrected chi connectivity index (χ4v) is 0. The molecular weight excluding hydrogens is 311 g/mol. The molecule has 0 aromatic heterocycles. The Labute approximate surface area is 84.9 Å². The monoisotopic (exact) mass is 314 g/mol. The van der Waals surface area contributed by atoms with E-state index < -0.39 is 20.5 Å². The van der Waals surface area contributed by atoms with E-state index in [0.29, 0.717) is 0 Å². The topological polar surface area (TPSA) is 179 Å². The Morgan fingerprint density at radius 1 is 0.636 bits per heavy atom. The molecule has 0 bridgehead atoms. The molecule has 0 atom stereocenters. The van der Waals surface area contributed by atoms with Gasteiger partial charge in [-0.3, -0.25) is 0 Å². The summed E-state index contributed by atoms with van der Waals surface area (Å²) in [6.45, 7) is 0. The molecule has 8 nitrogen and oxygen atoms in total. The van der Waals surface area contributed by atoms with Crippen molar-refractivity contribution in [1.29, 1.82) is 0 Å². The molecule has 11 heteroatoms. The molecule has 0 aromatic rings. The van der Waals surface area contributed by atoms with Gasteiger partial charge in [0.05, 0.1) is 29.8 Å². The van der Waals surface area contributed by atoms with Crippen molar-refractivity contribution in [2.75, 3.05) is 0 Å². The van der Waals surface area contributed by atoms with Crippen LogP contribution in [-0.4, -0.2) is 9.32 Å². The molecule has 0 rings (SSSR count). The van der Waals surface area contributed by atoms with Gasteiger partial charge in [-0.1, -0.05) is 0 Å². The zero-order chi connectivity index (χ0) is 9.00. The number of hydrogen-bond donors (Lipinski definition) is 2. The summed E-state index contributed by atoms with van der Waals surface area (Å²) in [5, 5.41) is 0. The van der Waals surface area contributed by atoms with Gasteiger partial charge < -0.3 is 0 Å². The van der Waals surface area contributed by atoms with Crippen molar-refractivity contribution < 1.29 is 85.1 Å². The van der Waals surface area contributed by atoms with E-state index in [1.54, 1.807) is 0 Å². The first kappa shape index (κ1) is 18.1. The maximum Gasteiger partial charge on any atom is 0.0777 e. The average molecular weight is 313 g/mol. The molecule has 0 saturated carbocycles. The van der Waals surface area contributed by atoms with Crippen LogP contribution in [0.25, 0.3) is 0 Å². The predicted octanol–water partition coefficient (Wildman–Crippen LogP) is -8.25. The van der Waals surface area contributed by atoms with Gasteiger partial charge in [0.2, 0.25) is 0 Å². The molecule has 0 saturated heterocycles. The SMILES string of the molecule is [Cd].[O-][Cl+3]([O-])([O-])O.[O-][Cl+3]([O-])([O-])O. The Kier molecular flexibility index (Phi) is 11.0. The van der Waals surface area contributed by atoms with E-state index in [2.05, 4.69) is 0 Å². The Morgan fingerprint density at radius 2 is 0.636 bits per heavy atom. The molecule has 0 unspecified atom stereocenters. The van der Waals surface area contributed by atoms with Crippen LogP contribution in [0.3, 0.4) is 0 Å². The van der Waals surface area contributed by atoms with E-state index in [9.17, 15) is 0 Å². The molecular formula is H2CdCl2O8. The predicted molar refractivity (Wildman–Crippen MR) is 4.44 cm³/mol. The van der Waals surface area contributed by atoms with Gasteiger partial charge in [0.1, 0.15) is 0 Å². The maximum atomic E-state index is 8.60. The van der Waals surface area contributed by atoms with E-state index >= 15 is 0 Å². The van der Waals surface area contributed by atoms with Crippen LogP contribution in [0.15, 0.2) is 0 Å². The zero-order valence-corrected chi connectivity index (χ0v) is 10.4. The molecule has 11 heavy (non-hydrogen) atoms. The third-order valence-corrected chi connectivity index (χ3v) is 0. The standard InChI is InChI=1S/Cd.2ClHO4/c;2*2-1(3,4)5/h;2*(H,2,3,4,5). The largest absolute Gasteiger partial charge is 0.183 e. The summed E-state index contributed by atoms with van der Waals surface area (Å²) in [5.74, 6) is 0. The van der Waals surface area contributed by atoms with Crippen molar-refractivity contribution in [2.45, 2.75) is 0 Å². The van der Waals surface area contributed by atoms with E-state index in [4.69, 9.17) is 37.3 Å². The second-order valence-electron chi connectivity index (χ2n) is 0.792. The maximum absolute atomic E-state index is 8.60. The molecule has 0 aliphatic carbocycles. The van der Waals surface area contributed by atoms with Crippen molar-refractivity contribution in [2.24, 2.45) is 0 Å². The quantitative estimate of drug-likeness (QED) is 0.414. The summed E-state index contributed by atoms with van der Waals surface area (Å²) in [4.78, 5) is 0. The van der Waals surface area contributed by atoms with E-state index in [1.165, 1.54) is 0 Å². The van der Waals surface area contributed by atoms with Gasteiger partial charge in [-0.2, -0.15) is 28.0 Å². The Bertz CT molecular complexity index is 55.1. The summed E-state index contributed by atoms with van der Waals surface area (Å²) in [7, 11) is -9.39. The van der Waals surface area contributed by atoms with Crippen LogP contribution < -0.4 is 28.0 Å². The first-order valence-electron chi connectivity index (χ1n) is 1.26. The second-order valence-corrected chi connectivity index (χ2v) is 2.38. The normalized spacial score (nSPS) is 10.9. The van der Waals surface area contributed by atoms with Crippen LogP contribution >= 0.6 is 0 Å².